The Morgan fingerprint density at radius 3 is 2.80 bits per heavy atom. The number of carbonyl (C=O) groups is 1. The number of hydrogen-bond acceptors (Lipinski definition) is 3. The Morgan fingerprint density at radius 1 is 1.40 bits per heavy atom. The van der Waals surface area contributed by atoms with Crippen molar-refractivity contribution in [1.82, 2.24) is 0 Å². The first kappa shape index (κ1) is 15.4. The van der Waals surface area contributed by atoms with E-state index in [0.29, 0.717) is 40.9 Å². The van der Waals surface area contributed by atoms with Gasteiger partial charge in [0.1, 0.15) is 0 Å². The SMILES string of the molecule is Nc1cc(Cl)cc(Cl)c1NC(=O)CCCOCC1CC1. The van der Waals surface area contributed by atoms with E-state index >= 15 is 0 Å². The van der Waals surface area contributed by atoms with Crippen molar-refractivity contribution in [2.45, 2.75) is 25.7 Å². The molecule has 2 rings (SSSR count). The lowest BCUT2D eigenvalue weighted by molar-refractivity contribution is -0.116. The molecule has 1 aliphatic rings. The normalized spacial score (nSPS) is 14.3. The number of halogens is 2. The van der Waals surface area contributed by atoms with E-state index in [1.807, 2.05) is 0 Å². The average Bonchev–Trinajstić information content (AvgIpc) is 3.17. The van der Waals surface area contributed by atoms with E-state index < -0.39 is 0 Å². The third kappa shape index (κ3) is 4.85. The van der Waals surface area contributed by atoms with Gasteiger partial charge in [0.2, 0.25) is 5.91 Å². The summed E-state index contributed by atoms with van der Waals surface area (Å²) < 4.78 is 5.47. The molecule has 6 heteroatoms. The maximum atomic E-state index is 11.8. The molecule has 0 unspecified atom stereocenters. The molecule has 0 spiro atoms. The summed E-state index contributed by atoms with van der Waals surface area (Å²) in [4.78, 5) is 11.8. The van der Waals surface area contributed by atoms with Crippen LogP contribution >= 0.6 is 23.2 Å². The first-order valence-electron chi connectivity index (χ1n) is 6.68. The van der Waals surface area contributed by atoms with E-state index in [9.17, 15) is 4.79 Å². The highest BCUT2D eigenvalue weighted by Crippen LogP contribution is 2.32. The van der Waals surface area contributed by atoms with Gasteiger partial charge >= 0.3 is 0 Å². The van der Waals surface area contributed by atoms with Crippen LogP contribution < -0.4 is 11.1 Å². The molecule has 1 fully saturated rings. The van der Waals surface area contributed by atoms with Crippen LogP contribution in [0.5, 0.6) is 0 Å². The highest BCUT2D eigenvalue weighted by atomic mass is 35.5. The van der Waals surface area contributed by atoms with Gasteiger partial charge in [-0.3, -0.25) is 4.79 Å². The number of amides is 1. The topological polar surface area (TPSA) is 64.3 Å². The zero-order valence-corrected chi connectivity index (χ0v) is 12.6. The summed E-state index contributed by atoms with van der Waals surface area (Å²) in [6, 6.07) is 3.11. The number of benzene rings is 1. The summed E-state index contributed by atoms with van der Waals surface area (Å²) in [7, 11) is 0. The standard InChI is InChI=1S/C14H18Cl2N2O2/c15-10-6-11(16)14(12(17)7-10)18-13(19)2-1-5-20-8-9-3-4-9/h6-7,9H,1-5,8,17H2,(H,18,19). The van der Waals surface area contributed by atoms with Crippen LogP contribution in [0.25, 0.3) is 0 Å². The fraction of sp³-hybridized carbons (Fsp3) is 0.500. The van der Waals surface area contributed by atoms with Gasteiger partial charge in [0.15, 0.2) is 0 Å². The zero-order chi connectivity index (χ0) is 14.5. The van der Waals surface area contributed by atoms with Gasteiger partial charge in [-0.25, -0.2) is 0 Å². The molecular weight excluding hydrogens is 299 g/mol. The van der Waals surface area contributed by atoms with Gasteiger partial charge in [-0.15, -0.1) is 0 Å². The Hall–Kier alpha value is -0.970. The Bertz CT molecular complexity index is 467. The minimum absolute atomic E-state index is 0.129. The number of ether oxygens (including phenoxy) is 1. The Morgan fingerprint density at radius 2 is 2.15 bits per heavy atom. The zero-order valence-electron chi connectivity index (χ0n) is 11.1. The number of hydrogen-bond donors (Lipinski definition) is 2. The molecule has 1 saturated carbocycles. The van der Waals surface area contributed by atoms with Gasteiger partial charge in [0.05, 0.1) is 16.4 Å². The van der Waals surface area contributed by atoms with Gasteiger partial charge in [-0.1, -0.05) is 23.2 Å². The molecule has 1 aliphatic carbocycles. The third-order valence-electron chi connectivity index (χ3n) is 3.09. The van der Waals surface area contributed by atoms with Crippen LogP contribution in [0.15, 0.2) is 12.1 Å². The minimum Gasteiger partial charge on any atom is -0.397 e. The highest BCUT2D eigenvalue weighted by molar-refractivity contribution is 6.37. The molecule has 1 aromatic rings. The second kappa shape index (κ2) is 7.16. The van der Waals surface area contributed by atoms with Crippen LogP contribution in [-0.2, 0) is 9.53 Å². The summed E-state index contributed by atoms with van der Waals surface area (Å²) in [5, 5.41) is 3.49. The van der Waals surface area contributed by atoms with Crippen molar-refractivity contribution in [2.24, 2.45) is 5.92 Å². The second-order valence-corrected chi connectivity index (χ2v) is 5.87. The lowest BCUT2D eigenvalue weighted by atomic mass is 10.2. The van der Waals surface area contributed by atoms with Crippen LogP contribution in [0.4, 0.5) is 11.4 Å². The molecule has 0 aliphatic heterocycles. The average molecular weight is 317 g/mol. The van der Waals surface area contributed by atoms with Gasteiger partial charge in [-0.05, 0) is 37.3 Å². The fourth-order valence-corrected chi connectivity index (χ4v) is 2.35. The van der Waals surface area contributed by atoms with E-state index in [0.717, 1.165) is 12.5 Å². The van der Waals surface area contributed by atoms with Crippen LogP contribution in [-0.4, -0.2) is 19.1 Å². The van der Waals surface area contributed by atoms with E-state index in [1.165, 1.54) is 12.8 Å². The number of nitrogens with one attached hydrogen (secondary N) is 1. The van der Waals surface area contributed by atoms with Gasteiger partial charge in [0, 0.05) is 24.7 Å². The maximum absolute atomic E-state index is 11.8. The molecule has 110 valence electrons. The summed E-state index contributed by atoms with van der Waals surface area (Å²) in [5.74, 6) is 0.618. The van der Waals surface area contributed by atoms with Crippen molar-refractivity contribution in [2.75, 3.05) is 24.3 Å². The Balaban J connectivity index is 1.73. The molecule has 0 bridgehead atoms. The van der Waals surface area contributed by atoms with Crippen LogP contribution in [0, 0.1) is 5.92 Å². The monoisotopic (exact) mass is 316 g/mol. The molecule has 1 amide bonds. The van der Waals surface area contributed by atoms with Gasteiger partial charge < -0.3 is 15.8 Å². The fourth-order valence-electron chi connectivity index (χ4n) is 1.80. The molecule has 20 heavy (non-hydrogen) atoms. The second-order valence-electron chi connectivity index (χ2n) is 5.02. The molecule has 1 aromatic carbocycles. The number of rotatable bonds is 7. The largest absolute Gasteiger partial charge is 0.397 e. The van der Waals surface area contributed by atoms with E-state index in [1.54, 1.807) is 12.1 Å². The van der Waals surface area contributed by atoms with Crippen molar-refractivity contribution >= 4 is 40.5 Å². The van der Waals surface area contributed by atoms with E-state index in [4.69, 9.17) is 33.7 Å². The number of nitrogens with two attached hydrogens (primary N) is 1. The first-order chi connectivity index (χ1) is 9.56. The Kier molecular flexibility index (Phi) is 5.52. The predicted octanol–water partition coefficient (Wildman–Crippen LogP) is 3.72. The summed E-state index contributed by atoms with van der Waals surface area (Å²) in [5.41, 5.74) is 6.56. The summed E-state index contributed by atoms with van der Waals surface area (Å²) in [6.45, 7) is 1.42. The summed E-state index contributed by atoms with van der Waals surface area (Å²) >= 11 is 11.8. The smallest absolute Gasteiger partial charge is 0.224 e. The van der Waals surface area contributed by atoms with Crippen molar-refractivity contribution in [1.29, 1.82) is 0 Å². The molecule has 0 saturated heterocycles. The number of nitrogen functional groups attached to an aromatic ring is 1. The molecule has 0 radical (unpaired) electrons. The quantitative estimate of drug-likeness (QED) is 0.595. The molecule has 0 heterocycles. The highest BCUT2D eigenvalue weighted by Gasteiger charge is 2.20. The van der Waals surface area contributed by atoms with Gasteiger partial charge in [-0.2, -0.15) is 0 Å². The number of carbonyl (C=O) groups excluding carboxylic acids is 1. The van der Waals surface area contributed by atoms with Crippen molar-refractivity contribution in [3.8, 4) is 0 Å². The van der Waals surface area contributed by atoms with E-state index in [2.05, 4.69) is 5.32 Å². The lowest BCUT2D eigenvalue weighted by Gasteiger charge is -2.10. The maximum Gasteiger partial charge on any atom is 0.224 e. The van der Waals surface area contributed by atoms with Crippen molar-refractivity contribution < 1.29 is 9.53 Å². The van der Waals surface area contributed by atoms with Crippen molar-refractivity contribution in [3.05, 3.63) is 22.2 Å². The van der Waals surface area contributed by atoms with Crippen LogP contribution in [0.2, 0.25) is 10.0 Å². The third-order valence-corrected chi connectivity index (χ3v) is 3.61. The molecular formula is C14H18Cl2N2O2. The molecule has 0 aromatic heterocycles. The van der Waals surface area contributed by atoms with Crippen LogP contribution in [0.3, 0.4) is 0 Å². The van der Waals surface area contributed by atoms with Crippen molar-refractivity contribution in [3.63, 3.8) is 0 Å². The lowest BCUT2D eigenvalue weighted by Crippen LogP contribution is -2.14. The molecule has 3 N–H and O–H groups in total. The number of anilines is 2. The molecule has 4 nitrogen and oxygen atoms in total. The first-order valence-corrected chi connectivity index (χ1v) is 7.44. The summed E-state index contributed by atoms with van der Waals surface area (Å²) in [6.07, 6.45) is 3.61. The minimum atomic E-state index is -0.129. The van der Waals surface area contributed by atoms with E-state index in [-0.39, 0.29) is 5.91 Å². The van der Waals surface area contributed by atoms with Gasteiger partial charge in [0.25, 0.3) is 0 Å². The molecule has 0 atom stereocenters. The predicted molar refractivity (Wildman–Crippen MR) is 82.3 cm³/mol. The Labute approximate surface area is 128 Å². The van der Waals surface area contributed by atoms with Crippen LogP contribution in [0.1, 0.15) is 25.7 Å².